The van der Waals surface area contributed by atoms with E-state index in [0.29, 0.717) is 11.2 Å². The number of methoxy groups -OCH3 is 1. The predicted molar refractivity (Wildman–Crippen MR) is 84.8 cm³/mol. The topological polar surface area (TPSA) is 98.7 Å². The molecule has 0 saturated heterocycles. The molecule has 8 heteroatoms. The first-order chi connectivity index (χ1) is 11.5. The molecule has 3 heterocycles. The lowest BCUT2D eigenvalue weighted by atomic mass is 9.91. The van der Waals surface area contributed by atoms with Gasteiger partial charge in [-0.2, -0.15) is 10.1 Å². The molecule has 3 rings (SSSR count). The molecule has 0 amide bonds. The van der Waals surface area contributed by atoms with E-state index in [1.54, 1.807) is 48.5 Å². The van der Waals surface area contributed by atoms with Crippen molar-refractivity contribution in [3.8, 4) is 5.88 Å². The Balaban J connectivity index is 2.22. The van der Waals surface area contributed by atoms with Gasteiger partial charge in [-0.15, -0.1) is 0 Å². The second-order valence-electron chi connectivity index (χ2n) is 5.36. The zero-order valence-corrected chi connectivity index (χ0v) is 13.2. The molecule has 0 fully saturated rings. The quantitative estimate of drug-likeness (QED) is 0.712. The molecule has 0 spiro atoms. The number of nitrogens with zero attached hydrogens (tertiary/aromatic N) is 4. The summed E-state index contributed by atoms with van der Waals surface area (Å²) in [4.78, 5) is 28.7. The van der Waals surface area contributed by atoms with Crippen molar-refractivity contribution in [3.05, 3.63) is 58.3 Å². The molecule has 124 valence electrons. The molecule has 3 aromatic heterocycles. The van der Waals surface area contributed by atoms with E-state index in [4.69, 9.17) is 4.74 Å². The van der Waals surface area contributed by atoms with Crippen LogP contribution in [-0.4, -0.2) is 37.4 Å². The summed E-state index contributed by atoms with van der Waals surface area (Å²) in [5, 5.41) is 14.4. The van der Waals surface area contributed by atoms with Gasteiger partial charge in [-0.3, -0.25) is 18.7 Å². The van der Waals surface area contributed by atoms with Crippen LogP contribution in [0.3, 0.4) is 0 Å². The summed E-state index contributed by atoms with van der Waals surface area (Å²) in [6.07, 6.45) is 4.69. The Hall–Kier alpha value is -3.16. The lowest BCUT2D eigenvalue weighted by Crippen LogP contribution is -2.24. The van der Waals surface area contributed by atoms with Gasteiger partial charge < -0.3 is 9.84 Å². The number of rotatable bonds is 4. The number of fused-ring (bicyclic) bond motifs is 1. The summed E-state index contributed by atoms with van der Waals surface area (Å²) in [7, 11) is 3.00. The molecular weight excluding hydrogens is 312 g/mol. The average Bonchev–Trinajstić information content (AvgIpc) is 3.00. The van der Waals surface area contributed by atoms with Gasteiger partial charge in [-0.05, 0) is 17.7 Å². The number of carbonyl (C=O) groups excluding carboxylic acids is 1. The second-order valence-corrected chi connectivity index (χ2v) is 5.36. The molecule has 0 unspecified atom stereocenters. The fraction of sp³-hybridized carbons (Fsp3) is 0.250. The molecule has 0 radical (unpaired) electrons. The fourth-order valence-corrected chi connectivity index (χ4v) is 2.65. The van der Waals surface area contributed by atoms with Crippen LogP contribution < -0.4 is 5.56 Å². The standard InChI is InChI=1S/C16H16N4O4/c1-19-9-10(8-17-19)11(7-13(21)24-2)14-15(22)18-12-5-3-4-6-20(12)16(14)23/h3-6,8-9,11,22H,7H2,1-2H3/t11-/m1/s1. The van der Waals surface area contributed by atoms with Crippen LogP contribution in [0.5, 0.6) is 5.88 Å². The van der Waals surface area contributed by atoms with E-state index in [2.05, 4.69) is 10.1 Å². The Bertz CT molecular complexity index is 960. The Morgan fingerprint density at radius 1 is 1.42 bits per heavy atom. The number of esters is 1. The summed E-state index contributed by atoms with van der Waals surface area (Å²) in [5.74, 6) is -1.60. The summed E-state index contributed by atoms with van der Waals surface area (Å²) < 4.78 is 7.61. The maximum atomic E-state index is 12.8. The maximum absolute atomic E-state index is 12.8. The van der Waals surface area contributed by atoms with Crippen molar-refractivity contribution in [1.29, 1.82) is 0 Å². The molecule has 0 aliphatic carbocycles. The lowest BCUT2D eigenvalue weighted by molar-refractivity contribution is -0.140. The Morgan fingerprint density at radius 2 is 2.21 bits per heavy atom. The third-order valence-corrected chi connectivity index (χ3v) is 3.82. The number of aromatic hydroxyl groups is 1. The van der Waals surface area contributed by atoms with Crippen molar-refractivity contribution in [2.45, 2.75) is 12.3 Å². The third kappa shape index (κ3) is 2.73. The number of hydrogen-bond acceptors (Lipinski definition) is 6. The number of pyridine rings is 1. The second kappa shape index (κ2) is 6.15. The number of hydrogen-bond donors (Lipinski definition) is 1. The first-order valence-electron chi connectivity index (χ1n) is 7.27. The van der Waals surface area contributed by atoms with E-state index in [1.807, 2.05) is 0 Å². The average molecular weight is 328 g/mol. The van der Waals surface area contributed by atoms with Crippen molar-refractivity contribution in [2.75, 3.05) is 7.11 Å². The lowest BCUT2D eigenvalue weighted by Gasteiger charge is -2.15. The van der Waals surface area contributed by atoms with Crippen LogP contribution in [0.4, 0.5) is 0 Å². The van der Waals surface area contributed by atoms with Gasteiger partial charge in [0.2, 0.25) is 5.88 Å². The van der Waals surface area contributed by atoms with Crippen molar-refractivity contribution >= 4 is 11.6 Å². The molecule has 0 saturated carbocycles. The van der Waals surface area contributed by atoms with Gasteiger partial charge in [0.1, 0.15) is 5.65 Å². The van der Waals surface area contributed by atoms with Crippen LogP contribution in [-0.2, 0) is 16.6 Å². The van der Waals surface area contributed by atoms with Gasteiger partial charge in [-0.25, -0.2) is 0 Å². The third-order valence-electron chi connectivity index (χ3n) is 3.82. The van der Waals surface area contributed by atoms with Gasteiger partial charge in [0.25, 0.3) is 5.56 Å². The molecule has 3 aromatic rings. The largest absolute Gasteiger partial charge is 0.493 e. The van der Waals surface area contributed by atoms with Gasteiger partial charge in [0.05, 0.1) is 25.3 Å². The molecule has 0 bridgehead atoms. The van der Waals surface area contributed by atoms with Crippen molar-refractivity contribution in [2.24, 2.45) is 7.05 Å². The van der Waals surface area contributed by atoms with Crippen LogP contribution in [0.25, 0.3) is 5.65 Å². The molecular formula is C16H16N4O4. The van der Waals surface area contributed by atoms with E-state index in [9.17, 15) is 14.7 Å². The smallest absolute Gasteiger partial charge is 0.306 e. The maximum Gasteiger partial charge on any atom is 0.306 e. The van der Waals surface area contributed by atoms with Crippen molar-refractivity contribution < 1.29 is 14.6 Å². The van der Waals surface area contributed by atoms with Crippen LogP contribution in [0.2, 0.25) is 0 Å². The molecule has 1 atom stereocenters. The molecule has 0 aromatic carbocycles. The molecule has 0 aliphatic rings. The summed E-state index contributed by atoms with van der Waals surface area (Å²) >= 11 is 0. The zero-order chi connectivity index (χ0) is 17.3. The van der Waals surface area contributed by atoms with E-state index in [1.165, 1.54) is 11.5 Å². The van der Waals surface area contributed by atoms with Gasteiger partial charge >= 0.3 is 5.97 Å². The minimum absolute atomic E-state index is 0.0390. The van der Waals surface area contributed by atoms with Crippen LogP contribution in [0.15, 0.2) is 41.6 Å². The van der Waals surface area contributed by atoms with E-state index < -0.39 is 23.3 Å². The van der Waals surface area contributed by atoms with E-state index in [0.717, 1.165) is 0 Å². The van der Waals surface area contributed by atoms with Crippen molar-refractivity contribution in [3.63, 3.8) is 0 Å². The highest BCUT2D eigenvalue weighted by Crippen LogP contribution is 2.30. The fourth-order valence-electron chi connectivity index (χ4n) is 2.65. The van der Waals surface area contributed by atoms with Crippen LogP contribution >= 0.6 is 0 Å². The number of aromatic nitrogens is 4. The number of aryl methyl sites for hydroxylation is 1. The first-order valence-corrected chi connectivity index (χ1v) is 7.27. The van der Waals surface area contributed by atoms with E-state index in [-0.39, 0.29) is 12.0 Å². The normalized spacial score (nSPS) is 12.2. The summed E-state index contributed by atoms with van der Waals surface area (Å²) in [6, 6.07) is 5.02. The SMILES string of the molecule is COC(=O)C[C@H](c1cnn(C)c1)c1c(O)nc2ccccn2c1=O. The number of carbonyl (C=O) groups is 1. The van der Waals surface area contributed by atoms with Gasteiger partial charge in [0, 0.05) is 25.4 Å². The van der Waals surface area contributed by atoms with Crippen LogP contribution in [0, 0.1) is 0 Å². The zero-order valence-electron chi connectivity index (χ0n) is 13.2. The highest BCUT2D eigenvalue weighted by Gasteiger charge is 2.27. The Labute approximate surface area is 136 Å². The van der Waals surface area contributed by atoms with Crippen LogP contribution in [0.1, 0.15) is 23.5 Å². The highest BCUT2D eigenvalue weighted by atomic mass is 16.5. The molecule has 1 N–H and O–H groups in total. The molecule has 8 nitrogen and oxygen atoms in total. The highest BCUT2D eigenvalue weighted by molar-refractivity contribution is 5.71. The summed E-state index contributed by atoms with van der Waals surface area (Å²) in [6.45, 7) is 0. The molecule has 0 aliphatic heterocycles. The Morgan fingerprint density at radius 3 is 2.88 bits per heavy atom. The van der Waals surface area contributed by atoms with E-state index >= 15 is 0 Å². The van der Waals surface area contributed by atoms with Gasteiger partial charge in [0.15, 0.2) is 0 Å². The first kappa shape index (κ1) is 15.7. The summed E-state index contributed by atoms with van der Waals surface area (Å²) in [5.41, 5.74) is 0.549. The molecule has 24 heavy (non-hydrogen) atoms. The number of ether oxygens (including phenoxy) is 1. The van der Waals surface area contributed by atoms with Crippen molar-refractivity contribution in [1.82, 2.24) is 19.2 Å². The minimum Gasteiger partial charge on any atom is -0.493 e. The minimum atomic E-state index is -0.705. The predicted octanol–water partition coefficient (Wildman–Crippen LogP) is 0.829. The monoisotopic (exact) mass is 328 g/mol. The van der Waals surface area contributed by atoms with Gasteiger partial charge in [-0.1, -0.05) is 6.07 Å². The Kier molecular flexibility index (Phi) is 4.03.